The summed E-state index contributed by atoms with van der Waals surface area (Å²) in [4.78, 5) is 28.9. The minimum Gasteiger partial charge on any atom is -0.336 e. The SMILES string of the molecule is CN(Cc1cnn(-c2ccccc2)n1)C(=O)c1ccc(=O)[nH]c1. The maximum absolute atomic E-state index is 12.3. The van der Waals surface area contributed by atoms with Crippen LogP contribution in [0.1, 0.15) is 16.1 Å². The lowest BCUT2D eigenvalue weighted by Gasteiger charge is -2.15. The van der Waals surface area contributed by atoms with Gasteiger partial charge in [-0.2, -0.15) is 15.0 Å². The van der Waals surface area contributed by atoms with E-state index >= 15 is 0 Å². The van der Waals surface area contributed by atoms with Crippen molar-refractivity contribution in [3.05, 3.63) is 76.5 Å². The lowest BCUT2D eigenvalue weighted by molar-refractivity contribution is 0.0783. The summed E-state index contributed by atoms with van der Waals surface area (Å²) in [5.74, 6) is -0.199. The number of amides is 1. The fraction of sp³-hybridized carbons (Fsp3) is 0.125. The minimum atomic E-state index is -0.241. The van der Waals surface area contributed by atoms with Crippen LogP contribution in [-0.4, -0.2) is 37.8 Å². The van der Waals surface area contributed by atoms with Gasteiger partial charge >= 0.3 is 0 Å². The van der Waals surface area contributed by atoms with Gasteiger partial charge < -0.3 is 9.88 Å². The Hall–Kier alpha value is -3.22. The minimum absolute atomic E-state index is 0.199. The number of benzene rings is 1. The van der Waals surface area contributed by atoms with Crippen LogP contribution >= 0.6 is 0 Å². The molecule has 0 bridgehead atoms. The van der Waals surface area contributed by atoms with Crippen molar-refractivity contribution in [3.63, 3.8) is 0 Å². The fourth-order valence-electron chi connectivity index (χ4n) is 2.13. The van der Waals surface area contributed by atoms with Crippen molar-refractivity contribution in [3.8, 4) is 5.69 Å². The molecule has 1 aromatic carbocycles. The topological polar surface area (TPSA) is 83.9 Å². The number of aromatic amines is 1. The second-order valence-corrected chi connectivity index (χ2v) is 5.06. The summed E-state index contributed by atoms with van der Waals surface area (Å²) < 4.78 is 0. The van der Waals surface area contributed by atoms with Crippen LogP contribution in [0.3, 0.4) is 0 Å². The van der Waals surface area contributed by atoms with E-state index in [1.807, 2.05) is 30.3 Å². The van der Waals surface area contributed by atoms with E-state index in [-0.39, 0.29) is 11.5 Å². The van der Waals surface area contributed by atoms with Crippen LogP contribution in [0.5, 0.6) is 0 Å². The third-order valence-corrected chi connectivity index (χ3v) is 3.30. The summed E-state index contributed by atoms with van der Waals surface area (Å²) in [6.45, 7) is 0.324. The zero-order chi connectivity index (χ0) is 16.2. The molecule has 0 fully saturated rings. The van der Waals surface area contributed by atoms with Gasteiger partial charge in [-0.25, -0.2) is 0 Å². The maximum atomic E-state index is 12.3. The second-order valence-electron chi connectivity index (χ2n) is 5.06. The highest BCUT2D eigenvalue weighted by Gasteiger charge is 2.14. The number of carbonyl (C=O) groups excluding carboxylic acids is 1. The van der Waals surface area contributed by atoms with Gasteiger partial charge in [-0.3, -0.25) is 9.59 Å². The van der Waals surface area contributed by atoms with Crippen molar-refractivity contribution in [2.75, 3.05) is 7.05 Å². The number of rotatable bonds is 4. The molecule has 0 radical (unpaired) electrons. The molecule has 7 heteroatoms. The molecule has 0 unspecified atom stereocenters. The molecule has 0 aliphatic heterocycles. The van der Waals surface area contributed by atoms with Gasteiger partial charge in [-0.1, -0.05) is 18.2 Å². The van der Waals surface area contributed by atoms with Gasteiger partial charge in [0.2, 0.25) is 5.56 Å². The molecule has 23 heavy (non-hydrogen) atoms. The summed E-state index contributed by atoms with van der Waals surface area (Å²) in [6, 6.07) is 12.4. The van der Waals surface area contributed by atoms with Crippen molar-refractivity contribution >= 4 is 5.91 Å². The smallest absolute Gasteiger partial charge is 0.255 e. The number of H-pyrrole nitrogens is 1. The Balaban J connectivity index is 1.72. The summed E-state index contributed by atoms with van der Waals surface area (Å²) in [5.41, 5.74) is 1.71. The monoisotopic (exact) mass is 309 g/mol. The Kier molecular flexibility index (Phi) is 4.01. The molecule has 1 N–H and O–H groups in total. The van der Waals surface area contributed by atoms with Crippen molar-refractivity contribution in [2.45, 2.75) is 6.54 Å². The maximum Gasteiger partial charge on any atom is 0.255 e. The van der Waals surface area contributed by atoms with E-state index < -0.39 is 0 Å². The molecule has 0 atom stereocenters. The predicted molar refractivity (Wildman–Crippen MR) is 84.2 cm³/mol. The number of nitrogens with zero attached hydrogens (tertiary/aromatic N) is 4. The average Bonchev–Trinajstić information content (AvgIpc) is 3.04. The predicted octanol–water partition coefficient (Wildman–Crippen LogP) is 1.23. The Morgan fingerprint density at radius 2 is 2.00 bits per heavy atom. The molecule has 2 aromatic heterocycles. The number of nitrogens with one attached hydrogen (secondary N) is 1. The van der Waals surface area contributed by atoms with Crippen LogP contribution in [0.15, 0.2) is 59.7 Å². The zero-order valence-electron chi connectivity index (χ0n) is 12.5. The third-order valence-electron chi connectivity index (χ3n) is 3.30. The van der Waals surface area contributed by atoms with Crippen LogP contribution < -0.4 is 5.56 Å². The van der Waals surface area contributed by atoms with E-state index in [1.165, 1.54) is 28.0 Å². The molecule has 0 saturated carbocycles. The van der Waals surface area contributed by atoms with Crippen LogP contribution in [0.2, 0.25) is 0 Å². The molecule has 2 heterocycles. The fourth-order valence-corrected chi connectivity index (χ4v) is 2.13. The van der Waals surface area contributed by atoms with E-state index in [0.717, 1.165) is 5.69 Å². The molecule has 0 saturated heterocycles. The third kappa shape index (κ3) is 3.34. The van der Waals surface area contributed by atoms with Crippen molar-refractivity contribution < 1.29 is 4.79 Å². The molecule has 3 rings (SSSR count). The van der Waals surface area contributed by atoms with E-state index in [0.29, 0.717) is 17.8 Å². The van der Waals surface area contributed by atoms with Gasteiger partial charge in [0.25, 0.3) is 5.91 Å². The Bertz CT molecular complexity index is 849. The van der Waals surface area contributed by atoms with E-state index in [2.05, 4.69) is 15.2 Å². The Morgan fingerprint density at radius 1 is 1.22 bits per heavy atom. The molecular formula is C16H15N5O2. The van der Waals surface area contributed by atoms with Gasteiger partial charge in [0.05, 0.1) is 24.0 Å². The Morgan fingerprint density at radius 3 is 2.70 bits per heavy atom. The summed E-state index contributed by atoms with van der Waals surface area (Å²) >= 11 is 0. The standard InChI is InChI=1S/C16H15N5O2/c1-20(16(23)12-7-8-15(22)17-9-12)11-13-10-18-21(19-13)14-5-3-2-4-6-14/h2-10H,11H2,1H3,(H,17,22). The van der Waals surface area contributed by atoms with Gasteiger partial charge in [0.15, 0.2) is 0 Å². The average molecular weight is 309 g/mol. The van der Waals surface area contributed by atoms with Crippen LogP contribution in [0, 0.1) is 0 Å². The van der Waals surface area contributed by atoms with E-state index in [1.54, 1.807) is 13.2 Å². The van der Waals surface area contributed by atoms with Gasteiger partial charge in [-0.05, 0) is 18.2 Å². The highest BCUT2D eigenvalue weighted by molar-refractivity contribution is 5.93. The lowest BCUT2D eigenvalue weighted by Crippen LogP contribution is -2.27. The molecule has 0 aliphatic rings. The largest absolute Gasteiger partial charge is 0.336 e. The molecular weight excluding hydrogens is 294 g/mol. The van der Waals surface area contributed by atoms with E-state index in [4.69, 9.17) is 0 Å². The first-order valence-electron chi connectivity index (χ1n) is 7.04. The second kappa shape index (κ2) is 6.27. The summed E-state index contributed by atoms with van der Waals surface area (Å²) in [7, 11) is 1.68. The number of hydrogen-bond donors (Lipinski definition) is 1. The first kappa shape index (κ1) is 14.7. The quantitative estimate of drug-likeness (QED) is 0.785. The normalized spacial score (nSPS) is 10.5. The van der Waals surface area contributed by atoms with E-state index in [9.17, 15) is 9.59 Å². The summed E-state index contributed by atoms with van der Waals surface area (Å²) in [5, 5.41) is 8.57. The Labute approximate surface area is 132 Å². The van der Waals surface area contributed by atoms with Crippen LogP contribution in [0.25, 0.3) is 5.69 Å². The van der Waals surface area contributed by atoms with Crippen molar-refractivity contribution in [1.29, 1.82) is 0 Å². The molecule has 116 valence electrons. The van der Waals surface area contributed by atoms with Crippen molar-refractivity contribution in [2.24, 2.45) is 0 Å². The highest BCUT2D eigenvalue weighted by Crippen LogP contribution is 2.07. The molecule has 0 spiro atoms. The molecule has 7 nitrogen and oxygen atoms in total. The van der Waals surface area contributed by atoms with Gasteiger partial charge in [0.1, 0.15) is 5.69 Å². The number of pyridine rings is 1. The van der Waals surface area contributed by atoms with Crippen molar-refractivity contribution in [1.82, 2.24) is 24.9 Å². The number of para-hydroxylation sites is 1. The highest BCUT2D eigenvalue weighted by atomic mass is 16.2. The van der Waals surface area contributed by atoms with Gasteiger partial charge in [0, 0.05) is 19.3 Å². The molecule has 1 amide bonds. The van der Waals surface area contributed by atoms with Crippen LogP contribution in [-0.2, 0) is 6.54 Å². The first-order valence-corrected chi connectivity index (χ1v) is 7.04. The lowest BCUT2D eigenvalue weighted by atomic mass is 10.2. The number of carbonyl (C=O) groups is 1. The first-order chi connectivity index (χ1) is 11.1. The molecule has 0 aliphatic carbocycles. The van der Waals surface area contributed by atoms with Crippen LogP contribution in [0.4, 0.5) is 0 Å². The zero-order valence-corrected chi connectivity index (χ0v) is 12.5. The molecule has 3 aromatic rings. The summed E-state index contributed by atoms with van der Waals surface area (Å²) in [6.07, 6.45) is 3.03. The van der Waals surface area contributed by atoms with Gasteiger partial charge in [-0.15, -0.1) is 0 Å². The number of hydrogen-bond acceptors (Lipinski definition) is 4. The number of aromatic nitrogens is 4.